The van der Waals surface area contributed by atoms with Crippen LogP contribution in [0.1, 0.15) is 46.0 Å². The van der Waals surface area contributed by atoms with Crippen molar-refractivity contribution < 1.29 is 14.7 Å². The maximum absolute atomic E-state index is 12.3. The highest BCUT2D eigenvalue weighted by Gasteiger charge is 2.39. The Morgan fingerprint density at radius 1 is 1.38 bits per heavy atom. The van der Waals surface area contributed by atoms with Crippen molar-refractivity contribution in [2.45, 2.75) is 58.1 Å². The van der Waals surface area contributed by atoms with E-state index in [1.54, 1.807) is 18.9 Å². The summed E-state index contributed by atoms with van der Waals surface area (Å²) in [5, 5.41) is 9.38. The molecule has 2 rings (SSSR count). The summed E-state index contributed by atoms with van der Waals surface area (Å²) in [6, 6.07) is 0.327. The van der Waals surface area contributed by atoms with Gasteiger partial charge in [0, 0.05) is 32.6 Å². The van der Waals surface area contributed by atoms with Crippen LogP contribution in [0.3, 0.4) is 0 Å². The number of amides is 2. The zero-order chi connectivity index (χ0) is 15.6. The predicted octanol–water partition coefficient (Wildman–Crippen LogP) is 1.25. The van der Waals surface area contributed by atoms with Crippen LogP contribution in [0.5, 0.6) is 0 Å². The largest absolute Gasteiger partial charge is 0.392 e. The summed E-state index contributed by atoms with van der Waals surface area (Å²) in [6.07, 6.45) is 4.28. The van der Waals surface area contributed by atoms with E-state index in [0.29, 0.717) is 25.6 Å². The highest BCUT2D eigenvalue weighted by Crippen LogP contribution is 2.31. The van der Waals surface area contributed by atoms with E-state index in [0.717, 1.165) is 18.8 Å². The van der Waals surface area contributed by atoms with Gasteiger partial charge in [-0.05, 0) is 38.5 Å². The van der Waals surface area contributed by atoms with Crippen LogP contribution in [0, 0.1) is 11.8 Å². The molecule has 1 N–H and O–H groups in total. The van der Waals surface area contributed by atoms with Crippen molar-refractivity contribution in [3.05, 3.63) is 0 Å². The van der Waals surface area contributed by atoms with Gasteiger partial charge in [-0.15, -0.1) is 0 Å². The molecule has 0 spiro atoms. The predicted molar refractivity (Wildman–Crippen MR) is 80.6 cm³/mol. The number of rotatable bonds is 4. The molecular formula is C16H28N2O3. The van der Waals surface area contributed by atoms with Crippen molar-refractivity contribution in [2.75, 3.05) is 20.1 Å². The van der Waals surface area contributed by atoms with Crippen LogP contribution in [0.2, 0.25) is 0 Å². The summed E-state index contributed by atoms with van der Waals surface area (Å²) in [4.78, 5) is 28.0. The molecule has 2 atom stereocenters. The van der Waals surface area contributed by atoms with E-state index in [2.05, 4.69) is 6.92 Å². The third-order valence-electron chi connectivity index (χ3n) is 4.85. The van der Waals surface area contributed by atoms with Gasteiger partial charge in [-0.1, -0.05) is 6.92 Å². The topological polar surface area (TPSA) is 60.9 Å². The maximum Gasteiger partial charge on any atom is 0.227 e. The molecule has 2 amide bonds. The molecule has 2 fully saturated rings. The van der Waals surface area contributed by atoms with Gasteiger partial charge >= 0.3 is 0 Å². The second kappa shape index (κ2) is 6.77. The van der Waals surface area contributed by atoms with Crippen molar-refractivity contribution in [3.63, 3.8) is 0 Å². The Kier molecular flexibility index (Phi) is 5.25. The lowest BCUT2D eigenvalue weighted by atomic mass is 9.86. The number of carbonyl (C=O) groups excluding carboxylic acids is 2. The highest BCUT2D eigenvalue weighted by molar-refractivity contribution is 5.89. The van der Waals surface area contributed by atoms with E-state index in [1.807, 2.05) is 4.90 Å². The Hall–Kier alpha value is -1.10. The van der Waals surface area contributed by atoms with Gasteiger partial charge in [0.1, 0.15) is 0 Å². The number of aliphatic hydroxyl groups is 1. The molecule has 1 aliphatic heterocycles. The molecule has 0 aromatic rings. The van der Waals surface area contributed by atoms with Crippen LogP contribution in [0.25, 0.3) is 0 Å². The van der Waals surface area contributed by atoms with Crippen molar-refractivity contribution in [3.8, 4) is 0 Å². The molecule has 0 aromatic carbocycles. The summed E-state index contributed by atoms with van der Waals surface area (Å²) in [5.41, 5.74) is 0. The second-order valence-corrected chi connectivity index (χ2v) is 6.93. The molecule has 1 saturated heterocycles. The molecule has 5 nitrogen and oxygen atoms in total. The van der Waals surface area contributed by atoms with Gasteiger partial charge in [0.15, 0.2) is 0 Å². The van der Waals surface area contributed by atoms with E-state index < -0.39 is 6.10 Å². The summed E-state index contributed by atoms with van der Waals surface area (Å²) < 4.78 is 0. The minimum atomic E-state index is -0.535. The molecule has 5 heteroatoms. The number of likely N-dealkylation sites (N-methyl/N-ethyl adjacent to an activating group) is 1. The Labute approximate surface area is 127 Å². The molecule has 0 unspecified atom stereocenters. The molecular weight excluding hydrogens is 268 g/mol. The van der Waals surface area contributed by atoms with Crippen molar-refractivity contribution in [2.24, 2.45) is 11.8 Å². The van der Waals surface area contributed by atoms with Crippen LogP contribution < -0.4 is 0 Å². The van der Waals surface area contributed by atoms with Gasteiger partial charge in [-0.25, -0.2) is 0 Å². The standard InChI is InChI=1S/C16H28N2O3/c1-11-4-6-14(7-5-11)18-10-13(8-15(18)20)16(21)17(3)9-12(2)19/h11-14,19H,4-10H2,1-3H3/t11?,12-,13+,14?/m0/s1. The van der Waals surface area contributed by atoms with Crippen LogP contribution in [0.15, 0.2) is 0 Å². The van der Waals surface area contributed by atoms with Crippen molar-refractivity contribution >= 4 is 11.8 Å². The van der Waals surface area contributed by atoms with Gasteiger partial charge in [0.2, 0.25) is 11.8 Å². The van der Waals surface area contributed by atoms with E-state index in [9.17, 15) is 14.7 Å². The van der Waals surface area contributed by atoms with E-state index in [4.69, 9.17) is 0 Å². The summed E-state index contributed by atoms with van der Waals surface area (Å²) in [6.45, 7) is 4.81. The third kappa shape index (κ3) is 3.96. The summed E-state index contributed by atoms with van der Waals surface area (Å²) in [5.74, 6) is 0.628. The molecule has 21 heavy (non-hydrogen) atoms. The third-order valence-corrected chi connectivity index (χ3v) is 4.85. The zero-order valence-electron chi connectivity index (χ0n) is 13.4. The van der Waals surface area contributed by atoms with Crippen LogP contribution in [-0.4, -0.2) is 59.0 Å². The van der Waals surface area contributed by atoms with E-state index in [-0.39, 0.29) is 17.7 Å². The molecule has 0 bridgehead atoms. The van der Waals surface area contributed by atoms with E-state index >= 15 is 0 Å². The number of likely N-dealkylation sites (tertiary alicyclic amines) is 1. The number of aliphatic hydroxyl groups excluding tert-OH is 1. The van der Waals surface area contributed by atoms with Gasteiger partial charge in [0.05, 0.1) is 12.0 Å². The first kappa shape index (κ1) is 16.3. The first-order valence-corrected chi connectivity index (χ1v) is 8.11. The molecule has 2 aliphatic rings. The number of carbonyl (C=O) groups is 2. The fraction of sp³-hybridized carbons (Fsp3) is 0.875. The van der Waals surface area contributed by atoms with Crippen molar-refractivity contribution in [1.29, 1.82) is 0 Å². The molecule has 1 heterocycles. The lowest BCUT2D eigenvalue weighted by Crippen LogP contribution is -2.41. The number of hydrogen-bond donors (Lipinski definition) is 1. The minimum Gasteiger partial charge on any atom is -0.392 e. The minimum absolute atomic E-state index is 0.0177. The fourth-order valence-corrected chi connectivity index (χ4v) is 3.60. The SMILES string of the molecule is CC1CCC(N2C[C@H](C(=O)N(C)C[C@H](C)O)CC2=O)CC1. The lowest BCUT2D eigenvalue weighted by Gasteiger charge is -2.33. The van der Waals surface area contributed by atoms with Crippen LogP contribution >= 0.6 is 0 Å². The summed E-state index contributed by atoms with van der Waals surface area (Å²) >= 11 is 0. The quantitative estimate of drug-likeness (QED) is 0.849. The maximum atomic E-state index is 12.3. The highest BCUT2D eigenvalue weighted by atomic mass is 16.3. The first-order valence-electron chi connectivity index (χ1n) is 8.11. The Bertz CT molecular complexity index is 389. The number of nitrogens with zero attached hydrogens (tertiary/aromatic N) is 2. The Morgan fingerprint density at radius 3 is 2.57 bits per heavy atom. The normalized spacial score (nSPS) is 31.3. The molecule has 0 radical (unpaired) electrons. The monoisotopic (exact) mass is 296 g/mol. The zero-order valence-corrected chi connectivity index (χ0v) is 13.4. The van der Waals surface area contributed by atoms with E-state index in [1.165, 1.54) is 12.8 Å². The van der Waals surface area contributed by atoms with Gasteiger partial charge in [-0.2, -0.15) is 0 Å². The summed E-state index contributed by atoms with van der Waals surface area (Å²) in [7, 11) is 1.70. The van der Waals surface area contributed by atoms with Crippen LogP contribution in [0.4, 0.5) is 0 Å². The first-order chi connectivity index (χ1) is 9.88. The smallest absolute Gasteiger partial charge is 0.227 e. The van der Waals surface area contributed by atoms with Gasteiger partial charge in [-0.3, -0.25) is 9.59 Å². The van der Waals surface area contributed by atoms with Crippen LogP contribution in [-0.2, 0) is 9.59 Å². The Balaban J connectivity index is 1.91. The number of hydrogen-bond acceptors (Lipinski definition) is 3. The Morgan fingerprint density at radius 2 is 2.00 bits per heavy atom. The molecule has 0 aromatic heterocycles. The lowest BCUT2D eigenvalue weighted by molar-refractivity contribution is -0.135. The van der Waals surface area contributed by atoms with Gasteiger partial charge in [0.25, 0.3) is 0 Å². The second-order valence-electron chi connectivity index (χ2n) is 6.93. The fourth-order valence-electron chi connectivity index (χ4n) is 3.60. The average molecular weight is 296 g/mol. The molecule has 1 aliphatic carbocycles. The average Bonchev–Trinajstić information content (AvgIpc) is 2.80. The van der Waals surface area contributed by atoms with Crippen molar-refractivity contribution in [1.82, 2.24) is 9.80 Å². The molecule has 1 saturated carbocycles. The molecule has 120 valence electrons. The van der Waals surface area contributed by atoms with Gasteiger partial charge < -0.3 is 14.9 Å².